The summed E-state index contributed by atoms with van der Waals surface area (Å²) in [6.07, 6.45) is 2.36. The zero-order valence-electron chi connectivity index (χ0n) is 16.9. The molecule has 8 heteroatoms. The van der Waals surface area contributed by atoms with Crippen LogP contribution in [0.1, 0.15) is 49.3 Å². The van der Waals surface area contributed by atoms with Gasteiger partial charge < -0.3 is 4.90 Å². The number of amides is 1. The number of halogens is 2. The van der Waals surface area contributed by atoms with Gasteiger partial charge in [0.05, 0.1) is 39.7 Å². The molecule has 1 aromatic carbocycles. The van der Waals surface area contributed by atoms with Gasteiger partial charge in [0.15, 0.2) is 0 Å². The molecule has 0 aliphatic carbocycles. The van der Waals surface area contributed by atoms with Crippen LogP contribution in [0.2, 0.25) is 5.02 Å². The Bertz CT molecular complexity index is 1070. The summed E-state index contributed by atoms with van der Waals surface area (Å²) in [6, 6.07) is 5.80. The Morgan fingerprint density at radius 3 is 2.48 bits per heavy atom. The molecule has 1 aliphatic heterocycles. The molecule has 0 saturated carbocycles. The third-order valence-electron chi connectivity index (χ3n) is 5.40. The van der Waals surface area contributed by atoms with E-state index in [1.165, 1.54) is 12.1 Å². The van der Waals surface area contributed by atoms with Gasteiger partial charge in [-0.1, -0.05) is 25.4 Å². The van der Waals surface area contributed by atoms with Crippen LogP contribution in [0.5, 0.6) is 0 Å². The van der Waals surface area contributed by atoms with Gasteiger partial charge in [-0.05, 0) is 50.5 Å². The minimum atomic E-state index is -0.379. The van der Waals surface area contributed by atoms with Crippen molar-refractivity contribution in [1.82, 2.24) is 19.6 Å². The molecule has 1 unspecified atom stereocenters. The number of benzene rings is 1. The first-order chi connectivity index (χ1) is 13.8. The van der Waals surface area contributed by atoms with E-state index < -0.39 is 0 Å². The summed E-state index contributed by atoms with van der Waals surface area (Å²) in [7, 11) is 0. The normalized spacial score (nSPS) is 17.0. The third kappa shape index (κ3) is 3.23. The van der Waals surface area contributed by atoms with E-state index in [0.29, 0.717) is 18.0 Å². The first-order valence-corrected chi connectivity index (χ1v) is 10.0. The Kier molecular flexibility index (Phi) is 4.94. The molecule has 1 amide bonds. The smallest absolute Gasteiger partial charge is 0.252 e. The molecule has 0 N–H and O–H groups in total. The zero-order chi connectivity index (χ0) is 20.9. The van der Waals surface area contributed by atoms with Crippen molar-refractivity contribution in [2.75, 3.05) is 11.4 Å². The number of aromatic nitrogens is 4. The fourth-order valence-corrected chi connectivity index (χ4v) is 4.09. The fourth-order valence-electron chi connectivity index (χ4n) is 3.96. The largest absolute Gasteiger partial charge is 0.307 e. The molecule has 0 bridgehead atoms. The monoisotopic (exact) mass is 415 g/mol. The lowest BCUT2D eigenvalue weighted by atomic mass is 10.1. The van der Waals surface area contributed by atoms with Crippen LogP contribution in [0.25, 0.3) is 5.69 Å². The van der Waals surface area contributed by atoms with E-state index in [0.717, 1.165) is 28.5 Å². The summed E-state index contributed by atoms with van der Waals surface area (Å²) in [5.74, 6) is -0.200. The van der Waals surface area contributed by atoms with Crippen LogP contribution in [0.4, 0.5) is 10.1 Å². The molecule has 1 saturated heterocycles. The fraction of sp³-hybridized carbons (Fsp3) is 0.381. The predicted octanol–water partition coefficient (Wildman–Crippen LogP) is 4.58. The molecular weight excluding hydrogens is 393 g/mol. The average Bonchev–Trinajstić information content (AvgIpc) is 3.35. The molecule has 3 heterocycles. The van der Waals surface area contributed by atoms with Crippen LogP contribution in [-0.4, -0.2) is 32.0 Å². The van der Waals surface area contributed by atoms with Gasteiger partial charge in [-0.25, -0.2) is 9.07 Å². The number of anilines is 1. The maximum absolute atomic E-state index is 13.3. The van der Waals surface area contributed by atoms with Crippen LogP contribution >= 0.6 is 11.6 Å². The Morgan fingerprint density at radius 2 is 1.90 bits per heavy atom. The molecule has 1 aliphatic rings. The molecule has 1 fully saturated rings. The Balaban J connectivity index is 1.71. The van der Waals surface area contributed by atoms with Crippen LogP contribution in [0, 0.1) is 19.7 Å². The van der Waals surface area contributed by atoms with E-state index in [-0.39, 0.29) is 23.7 Å². The number of hydrogen-bond donors (Lipinski definition) is 0. The average molecular weight is 416 g/mol. The summed E-state index contributed by atoms with van der Waals surface area (Å²) in [4.78, 5) is 15.1. The van der Waals surface area contributed by atoms with Gasteiger partial charge >= 0.3 is 0 Å². The number of aryl methyl sites for hydroxylation is 1. The second-order valence-electron chi connectivity index (χ2n) is 7.68. The quantitative estimate of drug-likeness (QED) is 0.626. The third-order valence-corrected chi connectivity index (χ3v) is 5.95. The summed E-state index contributed by atoms with van der Waals surface area (Å²) in [5, 5.41) is 9.58. The van der Waals surface area contributed by atoms with Gasteiger partial charge in [0.25, 0.3) is 5.91 Å². The van der Waals surface area contributed by atoms with E-state index in [1.54, 1.807) is 32.6 Å². The highest BCUT2D eigenvalue weighted by atomic mass is 35.5. The molecule has 6 nitrogen and oxygen atoms in total. The highest BCUT2D eigenvalue weighted by Crippen LogP contribution is 2.36. The van der Waals surface area contributed by atoms with Gasteiger partial charge in [-0.15, -0.1) is 0 Å². The molecule has 29 heavy (non-hydrogen) atoms. The van der Waals surface area contributed by atoms with E-state index in [1.807, 2.05) is 13.8 Å². The molecular formula is C21H23ClFN5O. The molecule has 1 atom stereocenters. The number of hydrogen-bond acceptors (Lipinski definition) is 3. The van der Waals surface area contributed by atoms with Crippen molar-refractivity contribution in [3.8, 4) is 5.69 Å². The van der Waals surface area contributed by atoms with Crippen molar-refractivity contribution in [2.24, 2.45) is 0 Å². The lowest BCUT2D eigenvalue weighted by Gasteiger charge is -2.20. The van der Waals surface area contributed by atoms with Gasteiger partial charge in [0, 0.05) is 6.54 Å². The van der Waals surface area contributed by atoms with E-state index in [2.05, 4.69) is 24.0 Å². The molecule has 4 rings (SSSR count). The second kappa shape index (κ2) is 7.30. The topological polar surface area (TPSA) is 56.0 Å². The van der Waals surface area contributed by atoms with E-state index in [9.17, 15) is 9.18 Å². The standard InChI is InChI=1S/C21H23ClFN5O/c1-12(2)20-18(11-24-28(20)16-7-5-15(23)6-8-16)26-10-9-17(21(26)29)27-14(4)19(22)13(3)25-27/h5-8,11-12,17H,9-10H2,1-4H3. The minimum absolute atomic E-state index is 0.0205. The molecule has 0 spiro atoms. The van der Waals surface area contributed by atoms with Crippen LogP contribution in [-0.2, 0) is 4.79 Å². The van der Waals surface area contributed by atoms with Crippen LogP contribution in [0.15, 0.2) is 30.5 Å². The number of rotatable bonds is 4. The van der Waals surface area contributed by atoms with Gasteiger partial charge in [-0.2, -0.15) is 10.2 Å². The van der Waals surface area contributed by atoms with Crippen LogP contribution < -0.4 is 4.90 Å². The van der Waals surface area contributed by atoms with Crippen molar-refractivity contribution in [1.29, 1.82) is 0 Å². The lowest BCUT2D eigenvalue weighted by Crippen LogP contribution is -2.29. The first-order valence-electron chi connectivity index (χ1n) is 9.66. The van der Waals surface area contributed by atoms with Gasteiger partial charge in [0.2, 0.25) is 0 Å². The predicted molar refractivity (Wildman–Crippen MR) is 110 cm³/mol. The van der Waals surface area contributed by atoms with Crippen molar-refractivity contribution in [2.45, 2.75) is 46.1 Å². The van der Waals surface area contributed by atoms with E-state index >= 15 is 0 Å². The van der Waals surface area contributed by atoms with Crippen molar-refractivity contribution >= 4 is 23.2 Å². The highest BCUT2D eigenvalue weighted by Gasteiger charge is 2.38. The second-order valence-corrected chi connectivity index (χ2v) is 8.06. The molecule has 3 aromatic rings. The Hall–Kier alpha value is -2.67. The number of carbonyl (C=O) groups excluding carboxylic acids is 1. The maximum Gasteiger partial charge on any atom is 0.252 e. The zero-order valence-corrected chi connectivity index (χ0v) is 17.6. The maximum atomic E-state index is 13.3. The van der Waals surface area contributed by atoms with Gasteiger partial charge in [0.1, 0.15) is 11.9 Å². The van der Waals surface area contributed by atoms with Crippen LogP contribution in [0.3, 0.4) is 0 Å². The molecule has 0 radical (unpaired) electrons. The summed E-state index contributed by atoms with van der Waals surface area (Å²) >= 11 is 6.28. The number of nitrogens with zero attached hydrogens (tertiary/aromatic N) is 5. The van der Waals surface area contributed by atoms with Crippen molar-refractivity contribution < 1.29 is 9.18 Å². The number of carbonyl (C=O) groups is 1. The summed E-state index contributed by atoms with van der Waals surface area (Å²) in [6.45, 7) is 8.41. The first kappa shape index (κ1) is 19.6. The minimum Gasteiger partial charge on any atom is -0.307 e. The highest BCUT2D eigenvalue weighted by molar-refractivity contribution is 6.31. The van der Waals surface area contributed by atoms with Crippen molar-refractivity contribution in [3.05, 3.63) is 58.4 Å². The molecule has 2 aromatic heterocycles. The lowest BCUT2D eigenvalue weighted by molar-refractivity contribution is -0.120. The van der Waals surface area contributed by atoms with Crippen molar-refractivity contribution in [3.63, 3.8) is 0 Å². The Labute approximate surface area is 173 Å². The van der Waals surface area contributed by atoms with Gasteiger partial charge in [-0.3, -0.25) is 9.48 Å². The molecule has 152 valence electrons. The Morgan fingerprint density at radius 1 is 1.21 bits per heavy atom. The summed E-state index contributed by atoms with van der Waals surface area (Å²) < 4.78 is 16.8. The SMILES string of the molecule is Cc1nn(C2CCN(c3cnn(-c4ccc(F)cc4)c3C(C)C)C2=O)c(C)c1Cl. The van der Waals surface area contributed by atoms with E-state index in [4.69, 9.17) is 11.6 Å². The summed E-state index contributed by atoms with van der Waals surface area (Å²) in [5.41, 5.74) is 3.98.